The first kappa shape index (κ1) is 13.2. The molecule has 0 bridgehead atoms. The van der Waals surface area contributed by atoms with Gasteiger partial charge in [-0.15, -0.1) is 11.3 Å². The first-order chi connectivity index (χ1) is 8.63. The third-order valence-corrected chi connectivity index (χ3v) is 4.68. The van der Waals surface area contributed by atoms with Crippen LogP contribution in [-0.2, 0) is 0 Å². The zero-order valence-electron chi connectivity index (χ0n) is 11.2. The lowest BCUT2D eigenvalue weighted by Crippen LogP contribution is -2.04. The van der Waals surface area contributed by atoms with Gasteiger partial charge >= 0.3 is 0 Å². The van der Waals surface area contributed by atoms with Gasteiger partial charge in [0.25, 0.3) is 0 Å². The number of nitrogens with zero attached hydrogens (tertiary/aromatic N) is 1. The standard InChI is InChI=1S/C15H20N2S/c1-10-6-4-5-7-13(10)15-17-12(3)14(18-15)11(2)8-9-16/h4-7,11H,8-9,16H2,1-3H3. The molecule has 18 heavy (non-hydrogen) atoms. The molecule has 96 valence electrons. The van der Waals surface area contributed by atoms with E-state index < -0.39 is 0 Å². The molecule has 3 heteroatoms. The maximum absolute atomic E-state index is 5.64. The van der Waals surface area contributed by atoms with Gasteiger partial charge in [-0.25, -0.2) is 4.98 Å². The fourth-order valence-corrected chi connectivity index (χ4v) is 3.42. The second-order valence-corrected chi connectivity index (χ2v) is 5.79. The fraction of sp³-hybridized carbons (Fsp3) is 0.400. The Kier molecular flexibility index (Phi) is 4.15. The number of aromatic nitrogens is 1. The van der Waals surface area contributed by atoms with E-state index in [-0.39, 0.29) is 0 Å². The third kappa shape index (κ3) is 2.62. The summed E-state index contributed by atoms with van der Waals surface area (Å²) in [5.41, 5.74) is 9.32. The molecule has 1 heterocycles. The van der Waals surface area contributed by atoms with Gasteiger partial charge in [-0.05, 0) is 38.3 Å². The number of hydrogen-bond acceptors (Lipinski definition) is 3. The van der Waals surface area contributed by atoms with Crippen molar-refractivity contribution >= 4 is 11.3 Å². The Hall–Kier alpha value is -1.19. The predicted molar refractivity (Wildman–Crippen MR) is 79.1 cm³/mol. The Bertz CT molecular complexity index is 531. The van der Waals surface area contributed by atoms with Crippen LogP contribution >= 0.6 is 11.3 Å². The number of benzene rings is 1. The van der Waals surface area contributed by atoms with E-state index >= 15 is 0 Å². The molecule has 1 aromatic heterocycles. The summed E-state index contributed by atoms with van der Waals surface area (Å²) in [4.78, 5) is 6.10. The van der Waals surface area contributed by atoms with E-state index in [0.29, 0.717) is 5.92 Å². The van der Waals surface area contributed by atoms with Crippen molar-refractivity contribution in [1.82, 2.24) is 4.98 Å². The second kappa shape index (κ2) is 5.63. The normalized spacial score (nSPS) is 12.7. The molecule has 0 aliphatic carbocycles. The number of rotatable bonds is 4. The summed E-state index contributed by atoms with van der Waals surface area (Å²) in [6.45, 7) is 7.20. The molecular formula is C15H20N2S. The summed E-state index contributed by atoms with van der Waals surface area (Å²) >= 11 is 1.81. The van der Waals surface area contributed by atoms with Crippen molar-refractivity contribution < 1.29 is 0 Å². The highest BCUT2D eigenvalue weighted by Crippen LogP contribution is 2.34. The van der Waals surface area contributed by atoms with E-state index in [4.69, 9.17) is 10.7 Å². The summed E-state index contributed by atoms with van der Waals surface area (Å²) in [5, 5.41) is 1.13. The number of hydrogen-bond donors (Lipinski definition) is 1. The Morgan fingerprint density at radius 3 is 2.67 bits per heavy atom. The van der Waals surface area contributed by atoms with Gasteiger partial charge in [-0.2, -0.15) is 0 Å². The molecule has 2 rings (SSSR count). The summed E-state index contributed by atoms with van der Waals surface area (Å²) in [6.07, 6.45) is 1.02. The van der Waals surface area contributed by atoms with Crippen LogP contribution < -0.4 is 5.73 Å². The second-order valence-electron chi connectivity index (χ2n) is 4.76. The minimum absolute atomic E-state index is 0.505. The van der Waals surface area contributed by atoms with Crippen LogP contribution in [0, 0.1) is 13.8 Å². The van der Waals surface area contributed by atoms with Crippen molar-refractivity contribution in [3.63, 3.8) is 0 Å². The topological polar surface area (TPSA) is 38.9 Å². The van der Waals surface area contributed by atoms with Crippen LogP contribution in [-0.4, -0.2) is 11.5 Å². The molecule has 1 aromatic carbocycles. The molecule has 0 fully saturated rings. The van der Waals surface area contributed by atoms with Crippen molar-refractivity contribution in [3.8, 4) is 10.6 Å². The summed E-state index contributed by atoms with van der Waals surface area (Å²) in [6, 6.07) is 8.42. The molecule has 0 saturated carbocycles. The lowest BCUT2D eigenvalue weighted by atomic mass is 10.1. The molecule has 0 amide bonds. The van der Waals surface area contributed by atoms with E-state index in [1.54, 1.807) is 0 Å². The first-order valence-corrected chi connectivity index (χ1v) is 7.18. The van der Waals surface area contributed by atoms with E-state index in [1.165, 1.54) is 16.0 Å². The van der Waals surface area contributed by atoms with Crippen molar-refractivity contribution in [2.24, 2.45) is 5.73 Å². The van der Waals surface area contributed by atoms with Crippen molar-refractivity contribution in [2.45, 2.75) is 33.1 Å². The molecule has 0 radical (unpaired) electrons. The zero-order chi connectivity index (χ0) is 13.1. The first-order valence-electron chi connectivity index (χ1n) is 6.37. The van der Waals surface area contributed by atoms with Crippen LogP contribution in [0.3, 0.4) is 0 Å². The molecule has 2 N–H and O–H groups in total. The van der Waals surface area contributed by atoms with E-state index in [9.17, 15) is 0 Å². The predicted octanol–water partition coefficient (Wildman–Crippen LogP) is 3.88. The molecule has 1 atom stereocenters. The lowest BCUT2D eigenvalue weighted by molar-refractivity contribution is 0.696. The minimum Gasteiger partial charge on any atom is -0.330 e. The average molecular weight is 260 g/mol. The average Bonchev–Trinajstić information content (AvgIpc) is 2.72. The van der Waals surface area contributed by atoms with Crippen LogP contribution in [0.5, 0.6) is 0 Å². The van der Waals surface area contributed by atoms with Gasteiger partial charge in [0.05, 0.1) is 5.69 Å². The quantitative estimate of drug-likeness (QED) is 0.906. The van der Waals surface area contributed by atoms with Crippen LogP contribution in [0.1, 0.15) is 35.4 Å². The van der Waals surface area contributed by atoms with Gasteiger partial charge in [-0.3, -0.25) is 0 Å². The Morgan fingerprint density at radius 1 is 1.28 bits per heavy atom. The molecule has 2 aromatic rings. The molecule has 0 aliphatic rings. The van der Waals surface area contributed by atoms with Crippen molar-refractivity contribution in [1.29, 1.82) is 0 Å². The van der Waals surface area contributed by atoms with E-state index in [0.717, 1.165) is 23.7 Å². The zero-order valence-corrected chi connectivity index (χ0v) is 12.1. The Labute approximate surface area is 113 Å². The minimum atomic E-state index is 0.505. The molecule has 0 spiro atoms. The van der Waals surface area contributed by atoms with Gasteiger partial charge in [0.2, 0.25) is 0 Å². The Balaban J connectivity index is 2.37. The largest absolute Gasteiger partial charge is 0.330 e. The Morgan fingerprint density at radius 2 is 2.00 bits per heavy atom. The molecule has 2 nitrogen and oxygen atoms in total. The monoisotopic (exact) mass is 260 g/mol. The lowest BCUT2D eigenvalue weighted by Gasteiger charge is -2.07. The highest BCUT2D eigenvalue weighted by molar-refractivity contribution is 7.15. The summed E-state index contributed by atoms with van der Waals surface area (Å²) < 4.78 is 0. The van der Waals surface area contributed by atoms with Crippen LogP contribution in [0.2, 0.25) is 0 Å². The number of nitrogens with two attached hydrogens (primary N) is 1. The SMILES string of the molecule is Cc1ccccc1-c1nc(C)c(C(C)CCN)s1. The highest BCUT2D eigenvalue weighted by Gasteiger charge is 2.15. The van der Waals surface area contributed by atoms with Gasteiger partial charge in [0.1, 0.15) is 5.01 Å². The van der Waals surface area contributed by atoms with Crippen LogP contribution in [0.4, 0.5) is 0 Å². The van der Waals surface area contributed by atoms with Crippen LogP contribution in [0.25, 0.3) is 10.6 Å². The fourth-order valence-electron chi connectivity index (χ4n) is 2.17. The maximum Gasteiger partial charge on any atom is 0.124 e. The van der Waals surface area contributed by atoms with Gasteiger partial charge in [0, 0.05) is 10.4 Å². The third-order valence-electron chi connectivity index (χ3n) is 3.26. The molecular weight excluding hydrogens is 240 g/mol. The van der Waals surface area contributed by atoms with Crippen molar-refractivity contribution in [3.05, 3.63) is 40.4 Å². The molecule has 0 aliphatic heterocycles. The number of aryl methyl sites for hydroxylation is 2. The van der Waals surface area contributed by atoms with Gasteiger partial charge < -0.3 is 5.73 Å². The smallest absolute Gasteiger partial charge is 0.124 e. The van der Waals surface area contributed by atoms with E-state index in [1.807, 2.05) is 11.3 Å². The van der Waals surface area contributed by atoms with E-state index in [2.05, 4.69) is 45.0 Å². The van der Waals surface area contributed by atoms with Crippen LogP contribution in [0.15, 0.2) is 24.3 Å². The number of thiazole rings is 1. The van der Waals surface area contributed by atoms with Gasteiger partial charge in [-0.1, -0.05) is 31.2 Å². The maximum atomic E-state index is 5.64. The van der Waals surface area contributed by atoms with Gasteiger partial charge in [0.15, 0.2) is 0 Å². The summed E-state index contributed by atoms with van der Waals surface area (Å²) in [5.74, 6) is 0.505. The molecule has 1 unspecified atom stereocenters. The van der Waals surface area contributed by atoms with Crippen molar-refractivity contribution in [2.75, 3.05) is 6.54 Å². The summed E-state index contributed by atoms with van der Waals surface area (Å²) in [7, 11) is 0. The highest BCUT2D eigenvalue weighted by atomic mass is 32.1. The molecule has 0 saturated heterocycles.